The lowest BCUT2D eigenvalue weighted by Crippen LogP contribution is -2.56. The SMILES string of the molecule is CSCC(=N)C(N)(C=O)C(=O)O. The number of nitrogens with one attached hydrogen (secondary N) is 1. The van der Waals surface area contributed by atoms with Crippen molar-refractivity contribution in [2.24, 2.45) is 5.73 Å². The molecule has 0 aromatic rings. The predicted molar refractivity (Wildman–Crippen MR) is 46.7 cm³/mol. The highest BCUT2D eigenvalue weighted by Crippen LogP contribution is 2.04. The average molecular weight is 190 g/mol. The molecule has 0 bridgehead atoms. The van der Waals surface area contributed by atoms with E-state index in [1.165, 1.54) is 11.8 Å². The molecule has 6 heteroatoms. The van der Waals surface area contributed by atoms with Crippen LogP contribution in [0.2, 0.25) is 0 Å². The first-order valence-corrected chi connectivity index (χ1v) is 4.44. The summed E-state index contributed by atoms with van der Waals surface area (Å²) in [4.78, 5) is 20.8. The molecular formula is C6H10N2O3S. The number of rotatable bonds is 5. The van der Waals surface area contributed by atoms with Crippen LogP contribution in [0.1, 0.15) is 0 Å². The number of aldehydes is 1. The van der Waals surface area contributed by atoms with E-state index in [9.17, 15) is 9.59 Å². The maximum atomic E-state index is 10.5. The number of hydrogen-bond acceptors (Lipinski definition) is 5. The van der Waals surface area contributed by atoms with Gasteiger partial charge in [0.25, 0.3) is 0 Å². The maximum absolute atomic E-state index is 10.5. The Hall–Kier alpha value is -0.880. The lowest BCUT2D eigenvalue weighted by Gasteiger charge is -2.17. The highest BCUT2D eigenvalue weighted by molar-refractivity contribution is 7.99. The van der Waals surface area contributed by atoms with Crippen LogP contribution >= 0.6 is 11.8 Å². The van der Waals surface area contributed by atoms with Gasteiger partial charge in [-0.15, -0.1) is 0 Å². The van der Waals surface area contributed by atoms with Crippen molar-refractivity contribution in [3.05, 3.63) is 0 Å². The van der Waals surface area contributed by atoms with E-state index >= 15 is 0 Å². The van der Waals surface area contributed by atoms with Gasteiger partial charge in [-0.2, -0.15) is 11.8 Å². The Bertz CT molecular complexity index is 219. The van der Waals surface area contributed by atoms with Crippen molar-refractivity contribution in [2.45, 2.75) is 5.54 Å². The number of nitrogens with two attached hydrogens (primary N) is 1. The number of carbonyl (C=O) groups is 2. The number of aliphatic carboxylic acids is 1. The number of carbonyl (C=O) groups excluding carboxylic acids is 1. The molecule has 0 aromatic carbocycles. The average Bonchev–Trinajstić information content (AvgIpc) is 2.03. The highest BCUT2D eigenvalue weighted by atomic mass is 32.2. The summed E-state index contributed by atoms with van der Waals surface area (Å²) in [7, 11) is 0. The molecule has 0 aliphatic heterocycles. The fourth-order valence-electron chi connectivity index (χ4n) is 0.514. The smallest absolute Gasteiger partial charge is 0.337 e. The third-order valence-electron chi connectivity index (χ3n) is 1.33. The summed E-state index contributed by atoms with van der Waals surface area (Å²) < 4.78 is 0. The van der Waals surface area contributed by atoms with Crippen LogP contribution in [-0.4, -0.2) is 40.6 Å². The van der Waals surface area contributed by atoms with E-state index in [-0.39, 0.29) is 17.8 Å². The van der Waals surface area contributed by atoms with Gasteiger partial charge in [-0.05, 0) is 6.26 Å². The fourth-order valence-corrected chi connectivity index (χ4v) is 1.04. The second-order valence-corrected chi connectivity index (χ2v) is 3.07. The Morgan fingerprint density at radius 1 is 1.83 bits per heavy atom. The first-order chi connectivity index (χ1) is 5.49. The van der Waals surface area contributed by atoms with E-state index in [0.717, 1.165) is 0 Å². The molecule has 0 fully saturated rings. The van der Waals surface area contributed by atoms with Crippen LogP contribution in [0.25, 0.3) is 0 Å². The monoisotopic (exact) mass is 190 g/mol. The predicted octanol–water partition coefficient (Wildman–Crippen LogP) is -0.650. The topological polar surface area (TPSA) is 104 Å². The Kier molecular flexibility index (Phi) is 3.91. The van der Waals surface area contributed by atoms with Gasteiger partial charge < -0.3 is 21.0 Å². The van der Waals surface area contributed by atoms with E-state index in [1.54, 1.807) is 6.26 Å². The normalized spacial score (nSPS) is 14.8. The van der Waals surface area contributed by atoms with Crippen LogP contribution in [0.15, 0.2) is 0 Å². The van der Waals surface area contributed by atoms with Gasteiger partial charge >= 0.3 is 5.97 Å². The van der Waals surface area contributed by atoms with E-state index < -0.39 is 11.5 Å². The van der Waals surface area contributed by atoms with E-state index in [4.69, 9.17) is 16.2 Å². The number of carboxylic acids is 1. The van der Waals surface area contributed by atoms with Gasteiger partial charge in [-0.1, -0.05) is 0 Å². The van der Waals surface area contributed by atoms with E-state index in [1.807, 2.05) is 0 Å². The minimum atomic E-state index is -2.15. The van der Waals surface area contributed by atoms with Gasteiger partial charge in [-0.3, -0.25) is 0 Å². The Labute approximate surface area is 73.8 Å². The maximum Gasteiger partial charge on any atom is 0.337 e. The second-order valence-electron chi connectivity index (χ2n) is 2.20. The standard InChI is InChI=1S/C6H10N2O3S/c1-12-2-4(7)6(8,3-9)5(10)11/h3,7H,2,8H2,1H3,(H,10,11). The second kappa shape index (κ2) is 4.22. The van der Waals surface area contributed by atoms with Crippen LogP contribution in [0.4, 0.5) is 0 Å². The molecular weight excluding hydrogens is 180 g/mol. The van der Waals surface area contributed by atoms with Gasteiger partial charge in [0.1, 0.15) is 0 Å². The minimum Gasteiger partial charge on any atom is -0.479 e. The quantitative estimate of drug-likeness (QED) is 0.303. The lowest BCUT2D eigenvalue weighted by molar-refractivity contribution is -0.142. The molecule has 1 atom stereocenters. The van der Waals surface area contributed by atoms with Crippen molar-refractivity contribution in [1.82, 2.24) is 0 Å². The summed E-state index contributed by atoms with van der Waals surface area (Å²) in [5.74, 6) is -1.35. The van der Waals surface area contributed by atoms with Crippen LogP contribution < -0.4 is 5.73 Å². The third-order valence-corrected chi connectivity index (χ3v) is 1.91. The first-order valence-electron chi connectivity index (χ1n) is 3.04. The highest BCUT2D eigenvalue weighted by Gasteiger charge is 2.38. The van der Waals surface area contributed by atoms with Gasteiger partial charge in [0, 0.05) is 5.75 Å². The molecule has 0 radical (unpaired) electrons. The Balaban J connectivity index is 4.63. The molecule has 4 N–H and O–H groups in total. The molecule has 12 heavy (non-hydrogen) atoms. The third kappa shape index (κ3) is 2.05. The zero-order chi connectivity index (χ0) is 9.78. The van der Waals surface area contributed by atoms with Crippen LogP contribution in [0, 0.1) is 5.41 Å². The summed E-state index contributed by atoms with van der Waals surface area (Å²) >= 11 is 1.24. The van der Waals surface area contributed by atoms with Crippen molar-refractivity contribution >= 4 is 29.7 Å². The molecule has 68 valence electrons. The molecule has 0 heterocycles. The fraction of sp³-hybridized carbons (Fsp3) is 0.500. The van der Waals surface area contributed by atoms with Gasteiger partial charge in [0.2, 0.25) is 5.54 Å². The van der Waals surface area contributed by atoms with Crippen molar-refractivity contribution in [2.75, 3.05) is 12.0 Å². The number of carboxylic acid groups (broad SMARTS) is 1. The van der Waals surface area contributed by atoms with Gasteiger partial charge in [-0.25, -0.2) is 4.79 Å². The number of thioether (sulfide) groups is 1. The largest absolute Gasteiger partial charge is 0.479 e. The zero-order valence-corrected chi connectivity index (χ0v) is 7.35. The molecule has 0 spiro atoms. The van der Waals surface area contributed by atoms with Crippen molar-refractivity contribution < 1.29 is 14.7 Å². The summed E-state index contributed by atoms with van der Waals surface area (Å²) in [5.41, 5.74) is 2.72. The van der Waals surface area contributed by atoms with Gasteiger partial charge in [0.15, 0.2) is 6.29 Å². The van der Waals surface area contributed by atoms with E-state index in [2.05, 4.69) is 0 Å². The minimum absolute atomic E-state index is 0.0773. The molecule has 0 saturated heterocycles. The summed E-state index contributed by atoms with van der Waals surface area (Å²) in [6.07, 6.45) is 1.77. The molecule has 0 aromatic heterocycles. The molecule has 0 amide bonds. The zero-order valence-electron chi connectivity index (χ0n) is 6.53. The van der Waals surface area contributed by atoms with Crippen LogP contribution in [0.5, 0.6) is 0 Å². The number of hydrogen-bond donors (Lipinski definition) is 3. The summed E-state index contributed by atoms with van der Waals surface area (Å²) in [6.45, 7) is 0. The lowest BCUT2D eigenvalue weighted by atomic mass is 9.98. The molecule has 1 unspecified atom stereocenters. The summed E-state index contributed by atoms with van der Waals surface area (Å²) in [6, 6.07) is 0. The molecule has 0 aliphatic rings. The van der Waals surface area contributed by atoms with Crippen LogP contribution in [0.3, 0.4) is 0 Å². The molecule has 0 rings (SSSR count). The molecule has 5 nitrogen and oxygen atoms in total. The van der Waals surface area contributed by atoms with Gasteiger partial charge in [0.05, 0.1) is 5.71 Å². The van der Waals surface area contributed by atoms with Crippen molar-refractivity contribution in [1.29, 1.82) is 5.41 Å². The molecule has 0 aliphatic carbocycles. The summed E-state index contributed by atoms with van der Waals surface area (Å²) in [5, 5.41) is 15.7. The first kappa shape index (κ1) is 11.1. The van der Waals surface area contributed by atoms with Crippen molar-refractivity contribution in [3.8, 4) is 0 Å². The van der Waals surface area contributed by atoms with Crippen molar-refractivity contribution in [3.63, 3.8) is 0 Å². The molecule has 0 saturated carbocycles. The Morgan fingerprint density at radius 2 is 2.33 bits per heavy atom. The Morgan fingerprint density at radius 3 is 2.58 bits per heavy atom. The van der Waals surface area contributed by atoms with Crippen LogP contribution in [-0.2, 0) is 9.59 Å². The van der Waals surface area contributed by atoms with E-state index in [0.29, 0.717) is 0 Å².